The van der Waals surface area contributed by atoms with Gasteiger partial charge in [0.15, 0.2) is 5.16 Å². The fourth-order valence-electron chi connectivity index (χ4n) is 3.71. The Bertz CT molecular complexity index is 1000. The smallest absolute Gasteiger partial charge is 0.269 e. The van der Waals surface area contributed by atoms with Gasteiger partial charge in [-0.05, 0) is 44.0 Å². The molecule has 0 N–H and O–H groups in total. The molecule has 0 saturated carbocycles. The van der Waals surface area contributed by atoms with Crippen molar-refractivity contribution >= 4 is 17.4 Å². The summed E-state index contributed by atoms with van der Waals surface area (Å²) in [5.41, 5.74) is 2.22. The third-order valence-electron chi connectivity index (χ3n) is 5.37. The minimum atomic E-state index is -0.354. The topological polar surface area (TPSA) is 77.1 Å². The summed E-state index contributed by atoms with van der Waals surface area (Å²) in [5, 5.41) is 21.0. The van der Waals surface area contributed by atoms with Crippen LogP contribution in [0.2, 0.25) is 0 Å². The number of rotatable bonds is 8. The first-order chi connectivity index (χ1) is 14.6. The molecule has 8 heteroatoms. The van der Waals surface area contributed by atoms with Crippen LogP contribution in [0.3, 0.4) is 0 Å². The zero-order chi connectivity index (χ0) is 20.9. The van der Waals surface area contributed by atoms with E-state index in [-0.39, 0.29) is 15.9 Å². The SMILES string of the molecule is CC(Sc1nnc(CN2CCCC2)n1Cc1ccccc1)c1cccc([N+](=O)[O-])c1. The second-order valence-corrected chi connectivity index (χ2v) is 8.87. The molecule has 30 heavy (non-hydrogen) atoms. The van der Waals surface area contributed by atoms with Crippen LogP contribution in [-0.4, -0.2) is 37.7 Å². The zero-order valence-corrected chi connectivity index (χ0v) is 17.8. The normalized spacial score (nSPS) is 15.4. The van der Waals surface area contributed by atoms with Crippen molar-refractivity contribution in [2.24, 2.45) is 0 Å². The van der Waals surface area contributed by atoms with Crippen LogP contribution < -0.4 is 0 Å². The molecule has 0 amide bonds. The van der Waals surface area contributed by atoms with Crippen molar-refractivity contribution < 1.29 is 4.92 Å². The number of benzene rings is 2. The van der Waals surface area contributed by atoms with Crippen molar-refractivity contribution in [1.29, 1.82) is 0 Å². The van der Waals surface area contributed by atoms with Crippen LogP contribution >= 0.6 is 11.8 Å². The molecule has 2 aromatic carbocycles. The van der Waals surface area contributed by atoms with Gasteiger partial charge in [0.2, 0.25) is 0 Å². The summed E-state index contributed by atoms with van der Waals surface area (Å²) in [7, 11) is 0. The molecule has 0 bridgehead atoms. The number of likely N-dealkylation sites (tertiary alicyclic amines) is 1. The molecule has 1 aliphatic heterocycles. The Labute approximate surface area is 180 Å². The summed E-state index contributed by atoms with van der Waals surface area (Å²) in [6.07, 6.45) is 2.47. The van der Waals surface area contributed by atoms with E-state index in [0.717, 1.165) is 36.2 Å². The van der Waals surface area contributed by atoms with Crippen molar-refractivity contribution in [1.82, 2.24) is 19.7 Å². The maximum Gasteiger partial charge on any atom is 0.269 e. The van der Waals surface area contributed by atoms with Crippen LogP contribution in [0.15, 0.2) is 59.8 Å². The molecular weight excluding hydrogens is 398 g/mol. The quantitative estimate of drug-likeness (QED) is 0.297. The number of nitrogens with zero attached hydrogens (tertiary/aromatic N) is 5. The molecular formula is C22H25N5O2S. The predicted octanol–water partition coefficient (Wildman–Crippen LogP) is 4.68. The van der Waals surface area contributed by atoms with Gasteiger partial charge in [-0.1, -0.05) is 54.2 Å². The van der Waals surface area contributed by atoms with Crippen molar-refractivity contribution in [2.45, 2.75) is 43.3 Å². The molecule has 1 aliphatic rings. The van der Waals surface area contributed by atoms with E-state index < -0.39 is 0 Å². The Morgan fingerprint density at radius 2 is 1.83 bits per heavy atom. The summed E-state index contributed by atoms with van der Waals surface area (Å²) < 4.78 is 2.19. The van der Waals surface area contributed by atoms with E-state index in [4.69, 9.17) is 0 Å². The number of aromatic nitrogens is 3. The van der Waals surface area contributed by atoms with Crippen LogP contribution in [0.4, 0.5) is 5.69 Å². The third-order valence-corrected chi connectivity index (χ3v) is 6.51. The van der Waals surface area contributed by atoms with Crippen LogP contribution in [0.25, 0.3) is 0 Å². The second-order valence-electron chi connectivity index (χ2n) is 7.57. The largest absolute Gasteiger partial charge is 0.300 e. The lowest BCUT2D eigenvalue weighted by atomic mass is 10.1. The highest BCUT2D eigenvalue weighted by Crippen LogP contribution is 2.35. The Morgan fingerprint density at radius 1 is 1.07 bits per heavy atom. The van der Waals surface area contributed by atoms with Gasteiger partial charge in [0.1, 0.15) is 5.82 Å². The predicted molar refractivity (Wildman–Crippen MR) is 117 cm³/mol. The van der Waals surface area contributed by atoms with Crippen LogP contribution in [0.5, 0.6) is 0 Å². The number of hydrogen-bond donors (Lipinski definition) is 0. The number of non-ortho nitro benzene ring substituents is 1. The van der Waals surface area contributed by atoms with Gasteiger partial charge in [0.05, 0.1) is 18.0 Å². The molecule has 4 rings (SSSR count). The molecule has 0 spiro atoms. The maximum atomic E-state index is 11.1. The van der Waals surface area contributed by atoms with Gasteiger partial charge in [0.25, 0.3) is 5.69 Å². The van der Waals surface area contributed by atoms with Gasteiger partial charge in [-0.2, -0.15) is 0 Å². The molecule has 3 aromatic rings. The van der Waals surface area contributed by atoms with Crippen LogP contribution in [-0.2, 0) is 13.1 Å². The van der Waals surface area contributed by atoms with E-state index in [9.17, 15) is 10.1 Å². The Kier molecular flexibility index (Phi) is 6.44. The Hall–Kier alpha value is -2.71. The zero-order valence-electron chi connectivity index (χ0n) is 17.0. The average Bonchev–Trinajstić information content (AvgIpc) is 3.40. The summed E-state index contributed by atoms with van der Waals surface area (Å²) in [4.78, 5) is 13.2. The molecule has 1 aromatic heterocycles. The van der Waals surface area contributed by atoms with Gasteiger partial charge < -0.3 is 4.57 Å². The number of thioether (sulfide) groups is 1. The summed E-state index contributed by atoms with van der Waals surface area (Å²) in [6.45, 7) is 5.76. The molecule has 0 radical (unpaired) electrons. The highest BCUT2D eigenvalue weighted by molar-refractivity contribution is 7.99. The van der Waals surface area contributed by atoms with E-state index in [2.05, 4.69) is 31.8 Å². The minimum Gasteiger partial charge on any atom is -0.300 e. The van der Waals surface area contributed by atoms with Crippen molar-refractivity contribution in [2.75, 3.05) is 13.1 Å². The van der Waals surface area contributed by atoms with Crippen LogP contribution in [0, 0.1) is 10.1 Å². The van der Waals surface area contributed by atoms with Crippen LogP contribution in [0.1, 0.15) is 42.0 Å². The molecule has 1 saturated heterocycles. The highest BCUT2D eigenvalue weighted by Gasteiger charge is 2.21. The first kappa shape index (κ1) is 20.6. The summed E-state index contributed by atoms with van der Waals surface area (Å²) in [5.74, 6) is 0.967. The van der Waals surface area contributed by atoms with E-state index in [1.165, 1.54) is 24.5 Å². The van der Waals surface area contributed by atoms with Crippen molar-refractivity contribution in [3.8, 4) is 0 Å². The van der Waals surface area contributed by atoms with Crippen molar-refractivity contribution in [3.05, 3.63) is 81.7 Å². The monoisotopic (exact) mass is 423 g/mol. The third kappa shape index (κ3) is 4.88. The average molecular weight is 424 g/mol. The second kappa shape index (κ2) is 9.40. The summed E-state index contributed by atoms with van der Waals surface area (Å²) >= 11 is 1.59. The minimum absolute atomic E-state index is 0.0169. The van der Waals surface area contributed by atoms with Gasteiger partial charge in [0, 0.05) is 17.4 Å². The molecule has 1 unspecified atom stereocenters. The molecule has 0 aliphatic carbocycles. The maximum absolute atomic E-state index is 11.1. The Balaban J connectivity index is 1.59. The van der Waals surface area contributed by atoms with Gasteiger partial charge in [-0.25, -0.2) is 0 Å². The Morgan fingerprint density at radius 3 is 2.57 bits per heavy atom. The summed E-state index contributed by atoms with van der Waals surface area (Å²) in [6, 6.07) is 17.1. The number of nitro benzene ring substituents is 1. The van der Waals surface area contributed by atoms with Gasteiger partial charge in [-0.15, -0.1) is 10.2 Å². The van der Waals surface area contributed by atoms with Gasteiger partial charge >= 0.3 is 0 Å². The lowest BCUT2D eigenvalue weighted by Crippen LogP contribution is -2.21. The van der Waals surface area contributed by atoms with E-state index >= 15 is 0 Å². The first-order valence-corrected chi connectivity index (χ1v) is 11.1. The fraction of sp³-hybridized carbons (Fsp3) is 0.364. The van der Waals surface area contributed by atoms with E-state index in [0.29, 0.717) is 6.54 Å². The molecule has 1 fully saturated rings. The first-order valence-electron chi connectivity index (χ1n) is 10.2. The molecule has 156 valence electrons. The molecule has 1 atom stereocenters. The lowest BCUT2D eigenvalue weighted by molar-refractivity contribution is -0.384. The van der Waals surface area contributed by atoms with E-state index in [1.807, 2.05) is 31.2 Å². The number of hydrogen-bond acceptors (Lipinski definition) is 6. The van der Waals surface area contributed by atoms with Crippen molar-refractivity contribution in [3.63, 3.8) is 0 Å². The molecule has 2 heterocycles. The fourth-order valence-corrected chi connectivity index (χ4v) is 4.69. The highest BCUT2D eigenvalue weighted by atomic mass is 32.2. The number of nitro groups is 1. The lowest BCUT2D eigenvalue weighted by Gasteiger charge is -2.17. The van der Waals surface area contributed by atoms with Gasteiger partial charge in [-0.3, -0.25) is 15.0 Å². The van der Waals surface area contributed by atoms with E-state index in [1.54, 1.807) is 23.9 Å². The molecule has 7 nitrogen and oxygen atoms in total. The standard InChI is InChI=1S/C22H25N5O2S/c1-17(19-10-7-11-20(14-19)27(28)29)30-22-24-23-21(16-25-12-5-6-13-25)26(22)15-18-8-3-2-4-9-18/h2-4,7-11,14,17H,5-6,12-13,15-16H2,1H3.